The predicted molar refractivity (Wildman–Crippen MR) is 36.2 cm³/mol. The van der Waals surface area contributed by atoms with Crippen LogP contribution in [0.25, 0.3) is 0 Å². The number of halogens is 2. The van der Waals surface area contributed by atoms with Crippen molar-refractivity contribution in [2.24, 2.45) is 0 Å². The molecule has 0 radical (unpaired) electrons. The fourth-order valence-electron chi connectivity index (χ4n) is 0.712. The normalized spacial score (nSPS) is 10.2. The summed E-state index contributed by atoms with van der Waals surface area (Å²) >= 11 is 0. The van der Waals surface area contributed by atoms with Crippen LogP contribution in [0.4, 0.5) is 8.78 Å². The average molecular weight is 173 g/mol. The van der Waals surface area contributed by atoms with Crippen molar-refractivity contribution >= 4 is 6.29 Å². The first kappa shape index (κ1) is 8.58. The van der Waals surface area contributed by atoms with Crippen LogP contribution in [0.2, 0.25) is 0 Å². The Morgan fingerprint density at radius 2 is 2.25 bits per heavy atom. The highest BCUT2D eigenvalue weighted by atomic mass is 19.3. The quantitative estimate of drug-likeness (QED) is 0.690. The third-order valence-corrected chi connectivity index (χ3v) is 1.26. The van der Waals surface area contributed by atoms with E-state index in [9.17, 15) is 13.6 Å². The number of aldehydes is 1. The Bertz CT molecular complexity index is 301. The molecule has 0 bridgehead atoms. The first-order valence-corrected chi connectivity index (χ1v) is 3.07. The summed E-state index contributed by atoms with van der Waals surface area (Å²) in [5.74, 6) is -0.658. The van der Waals surface area contributed by atoms with Crippen molar-refractivity contribution in [2.75, 3.05) is 0 Å². The molecule has 0 atom stereocenters. The Hall–Kier alpha value is -1.52. The van der Waals surface area contributed by atoms with Crippen LogP contribution in [0.3, 0.4) is 0 Å². The van der Waals surface area contributed by atoms with Gasteiger partial charge in [0.2, 0.25) is 0 Å². The lowest BCUT2D eigenvalue weighted by Gasteiger charge is -2.01. The number of aromatic hydroxyl groups is 1. The van der Waals surface area contributed by atoms with Gasteiger partial charge in [0.15, 0.2) is 6.29 Å². The van der Waals surface area contributed by atoms with E-state index in [1.807, 2.05) is 0 Å². The lowest BCUT2D eigenvalue weighted by molar-refractivity contribution is 0.112. The monoisotopic (exact) mass is 173 g/mol. The molecular weight excluding hydrogens is 168 g/mol. The second-order valence-electron chi connectivity index (χ2n) is 2.09. The first-order chi connectivity index (χ1) is 5.65. The van der Waals surface area contributed by atoms with Gasteiger partial charge < -0.3 is 5.11 Å². The summed E-state index contributed by atoms with van der Waals surface area (Å²) in [7, 11) is 0. The van der Waals surface area contributed by atoms with Crippen molar-refractivity contribution in [3.05, 3.63) is 23.5 Å². The predicted octanol–water partition coefficient (Wildman–Crippen LogP) is 1.54. The molecule has 0 aromatic carbocycles. The molecule has 1 aromatic heterocycles. The molecule has 0 aliphatic carbocycles. The lowest BCUT2D eigenvalue weighted by atomic mass is 10.2. The maximum atomic E-state index is 12.0. The summed E-state index contributed by atoms with van der Waals surface area (Å²) in [5.41, 5.74) is -0.641. The number of rotatable bonds is 2. The van der Waals surface area contributed by atoms with Gasteiger partial charge in [-0.25, -0.2) is 8.78 Å². The number of carbonyl (C=O) groups is 1. The van der Waals surface area contributed by atoms with E-state index in [1.165, 1.54) is 0 Å². The second kappa shape index (κ2) is 3.25. The first-order valence-electron chi connectivity index (χ1n) is 3.07. The molecular formula is C7H5F2NO2. The molecule has 1 N–H and O–H groups in total. The molecule has 64 valence electrons. The zero-order valence-electron chi connectivity index (χ0n) is 5.87. The van der Waals surface area contributed by atoms with Crippen molar-refractivity contribution in [3.63, 3.8) is 0 Å². The molecule has 0 saturated heterocycles. The zero-order valence-corrected chi connectivity index (χ0v) is 5.87. The number of carbonyl (C=O) groups excluding carboxylic acids is 1. The van der Waals surface area contributed by atoms with Crippen LogP contribution >= 0.6 is 0 Å². The Labute approximate surface area is 66.7 Å². The van der Waals surface area contributed by atoms with Crippen molar-refractivity contribution in [3.8, 4) is 5.75 Å². The van der Waals surface area contributed by atoms with Crippen LogP contribution < -0.4 is 0 Å². The summed E-state index contributed by atoms with van der Waals surface area (Å²) in [4.78, 5) is 13.3. The smallest absolute Gasteiger partial charge is 0.284 e. The molecule has 0 aliphatic rings. The number of alkyl halides is 2. The molecule has 0 fully saturated rings. The van der Waals surface area contributed by atoms with Gasteiger partial charge >= 0.3 is 0 Å². The lowest BCUT2D eigenvalue weighted by Crippen LogP contribution is -1.92. The van der Waals surface area contributed by atoms with Crippen molar-refractivity contribution < 1.29 is 18.7 Å². The summed E-state index contributed by atoms with van der Waals surface area (Å²) in [6, 6.07) is 0.946. The minimum Gasteiger partial charge on any atom is -0.506 e. The van der Waals surface area contributed by atoms with Gasteiger partial charge in [-0.3, -0.25) is 9.78 Å². The number of hydrogen-bond acceptors (Lipinski definition) is 3. The van der Waals surface area contributed by atoms with Crippen molar-refractivity contribution in [1.29, 1.82) is 0 Å². The van der Waals surface area contributed by atoms with Gasteiger partial charge in [0.25, 0.3) is 6.43 Å². The Morgan fingerprint density at radius 1 is 1.58 bits per heavy atom. The van der Waals surface area contributed by atoms with E-state index in [-0.39, 0.29) is 5.56 Å². The summed E-state index contributed by atoms with van der Waals surface area (Å²) in [6.07, 6.45) is -1.43. The highest BCUT2D eigenvalue weighted by Gasteiger charge is 2.14. The van der Waals surface area contributed by atoms with Crippen molar-refractivity contribution in [1.82, 2.24) is 4.98 Å². The fraction of sp³-hybridized carbons (Fsp3) is 0.143. The van der Waals surface area contributed by atoms with E-state index >= 15 is 0 Å². The van der Waals surface area contributed by atoms with Gasteiger partial charge in [-0.15, -0.1) is 0 Å². The molecule has 0 spiro atoms. The Kier molecular flexibility index (Phi) is 2.32. The molecule has 3 nitrogen and oxygen atoms in total. The van der Waals surface area contributed by atoms with E-state index < -0.39 is 17.9 Å². The number of aromatic nitrogens is 1. The SMILES string of the molecule is O=Cc1cnc(C(F)F)c(O)c1. The van der Waals surface area contributed by atoms with E-state index in [0.717, 1.165) is 12.3 Å². The molecule has 0 aliphatic heterocycles. The molecule has 12 heavy (non-hydrogen) atoms. The van der Waals surface area contributed by atoms with Gasteiger partial charge in [0.05, 0.1) is 0 Å². The molecule has 1 aromatic rings. The third-order valence-electron chi connectivity index (χ3n) is 1.26. The maximum Gasteiger partial charge on any atom is 0.284 e. The highest BCUT2D eigenvalue weighted by molar-refractivity contribution is 5.74. The summed E-state index contributed by atoms with van der Waals surface area (Å²) in [5, 5.41) is 8.89. The number of nitrogens with zero attached hydrogens (tertiary/aromatic N) is 1. The van der Waals surface area contributed by atoms with Gasteiger partial charge in [0.1, 0.15) is 11.4 Å². The minimum absolute atomic E-state index is 0.0666. The number of hydrogen-bond donors (Lipinski definition) is 1. The Balaban J connectivity index is 3.11. The van der Waals surface area contributed by atoms with Crippen LogP contribution in [-0.2, 0) is 0 Å². The van der Waals surface area contributed by atoms with Gasteiger partial charge in [-0.1, -0.05) is 0 Å². The standard InChI is InChI=1S/C7H5F2NO2/c8-7(9)6-5(12)1-4(3-11)2-10-6/h1-3,7,12H. The summed E-state index contributed by atoms with van der Waals surface area (Å²) in [6.45, 7) is 0. The molecule has 0 amide bonds. The van der Waals surface area contributed by atoms with Crippen LogP contribution in [-0.4, -0.2) is 16.4 Å². The molecule has 1 heterocycles. The van der Waals surface area contributed by atoms with Crippen LogP contribution in [0.5, 0.6) is 5.75 Å². The van der Waals surface area contributed by atoms with Crippen molar-refractivity contribution in [2.45, 2.75) is 6.43 Å². The van der Waals surface area contributed by atoms with E-state index in [1.54, 1.807) is 0 Å². The van der Waals surface area contributed by atoms with Gasteiger partial charge in [-0.05, 0) is 6.07 Å². The zero-order chi connectivity index (χ0) is 9.14. The number of pyridine rings is 1. The molecule has 0 saturated carbocycles. The Morgan fingerprint density at radius 3 is 2.67 bits per heavy atom. The summed E-state index contributed by atoms with van der Waals surface area (Å²) < 4.78 is 23.9. The maximum absolute atomic E-state index is 12.0. The van der Waals surface area contributed by atoms with E-state index in [0.29, 0.717) is 6.29 Å². The van der Waals surface area contributed by atoms with Crippen LogP contribution in [0.1, 0.15) is 22.5 Å². The highest BCUT2D eigenvalue weighted by Crippen LogP contribution is 2.25. The average Bonchev–Trinajstić information content (AvgIpc) is 2.03. The van der Waals surface area contributed by atoms with E-state index in [4.69, 9.17) is 5.11 Å². The largest absolute Gasteiger partial charge is 0.506 e. The van der Waals surface area contributed by atoms with Crippen LogP contribution in [0.15, 0.2) is 12.3 Å². The molecule has 1 rings (SSSR count). The minimum atomic E-state index is -2.83. The molecule has 5 heteroatoms. The van der Waals surface area contributed by atoms with Crippen LogP contribution in [0, 0.1) is 0 Å². The second-order valence-corrected chi connectivity index (χ2v) is 2.09. The van der Waals surface area contributed by atoms with Gasteiger partial charge in [-0.2, -0.15) is 0 Å². The fourth-order valence-corrected chi connectivity index (χ4v) is 0.712. The van der Waals surface area contributed by atoms with Gasteiger partial charge in [0, 0.05) is 11.8 Å². The third kappa shape index (κ3) is 1.55. The van der Waals surface area contributed by atoms with E-state index in [2.05, 4.69) is 4.98 Å². The molecule has 0 unspecified atom stereocenters. The topological polar surface area (TPSA) is 50.2 Å².